The Balaban J connectivity index is 1.71. The third kappa shape index (κ3) is 4.91. The molecule has 0 radical (unpaired) electrons. The van der Waals surface area contributed by atoms with Crippen LogP contribution in [-0.4, -0.2) is 24.9 Å². The van der Waals surface area contributed by atoms with Gasteiger partial charge < -0.3 is 9.47 Å². The SMILES string of the molecule is CCOc1c(Cl)cc(/C=N\Nc2nc(-c3ccc(Cl)cc3)cs2)cc1OC. The molecule has 0 bridgehead atoms. The molecule has 0 saturated carbocycles. The fourth-order valence-corrected chi connectivity index (χ4v) is 3.41. The van der Waals surface area contributed by atoms with Gasteiger partial charge in [-0.05, 0) is 36.8 Å². The Morgan fingerprint density at radius 2 is 2.00 bits per heavy atom. The van der Waals surface area contributed by atoms with E-state index in [9.17, 15) is 0 Å². The number of hydrazone groups is 1. The Kier molecular flexibility index (Phi) is 6.55. The summed E-state index contributed by atoms with van der Waals surface area (Å²) in [7, 11) is 1.57. The Labute approximate surface area is 171 Å². The third-order valence-electron chi connectivity index (χ3n) is 3.56. The van der Waals surface area contributed by atoms with Gasteiger partial charge in [0.15, 0.2) is 11.5 Å². The largest absolute Gasteiger partial charge is 0.493 e. The van der Waals surface area contributed by atoms with Crippen molar-refractivity contribution in [1.29, 1.82) is 0 Å². The van der Waals surface area contributed by atoms with Gasteiger partial charge in [0.2, 0.25) is 5.13 Å². The molecule has 1 N–H and O–H groups in total. The van der Waals surface area contributed by atoms with E-state index in [2.05, 4.69) is 15.5 Å². The first-order valence-corrected chi connectivity index (χ1v) is 9.75. The molecule has 0 saturated heterocycles. The lowest BCUT2D eigenvalue weighted by Gasteiger charge is -2.11. The zero-order valence-electron chi connectivity index (χ0n) is 14.7. The molecule has 3 rings (SSSR count). The van der Waals surface area contributed by atoms with E-state index in [1.165, 1.54) is 11.3 Å². The Bertz CT molecular complexity index is 943. The number of benzene rings is 2. The summed E-state index contributed by atoms with van der Waals surface area (Å²) >= 11 is 13.6. The molecule has 0 fully saturated rings. The number of thiazole rings is 1. The standard InChI is InChI=1S/C19H17Cl2N3O2S/c1-3-26-18-15(21)8-12(9-17(18)25-2)10-22-24-19-23-16(11-27-19)13-4-6-14(20)7-5-13/h4-11H,3H2,1-2H3,(H,23,24)/b22-10-. The Morgan fingerprint density at radius 1 is 1.22 bits per heavy atom. The summed E-state index contributed by atoms with van der Waals surface area (Å²) in [6.07, 6.45) is 1.65. The van der Waals surface area contributed by atoms with Crippen molar-refractivity contribution in [3.63, 3.8) is 0 Å². The predicted molar refractivity (Wildman–Crippen MR) is 113 cm³/mol. The van der Waals surface area contributed by atoms with E-state index in [1.807, 2.05) is 42.6 Å². The highest BCUT2D eigenvalue weighted by Crippen LogP contribution is 2.36. The van der Waals surface area contributed by atoms with Crippen molar-refractivity contribution >= 4 is 45.9 Å². The monoisotopic (exact) mass is 421 g/mol. The number of halogens is 2. The van der Waals surface area contributed by atoms with E-state index in [1.54, 1.807) is 19.4 Å². The number of nitrogens with one attached hydrogen (secondary N) is 1. The van der Waals surface area contributed by atoms with Crippen molar-refractivity contribution < 1.29 is 9.47 Å². The molecule has 1 heterocycles. The van der Waals surface area contributed by atoms with Crippen molar-refractivity contribution in [3.05, 3.63) is 57.4 Å². The number of aromatic nitrogens is 1. The van der Waals surface area contributed by atoms with Crippen LogP contribution in [0.15, 0.2) is 46.9 Å². The molecule has 0 unspecified atom stereocenters. The zero-order chi connectivity index (χ0) is 19.2. The molecular weight excluding hydrogens is 405 g/mol. The molecule has 8 heteroatoms. The second-order valence-corrected chi connectivity index (χ2v) is 7.08. The van der Waals surface area contributed by atoms with Crippen LogP contribution in [0.2, 0.25) is 10.0 Å². The molecule has 0 atom stereocenters. The molecule has 0 aliphatic rings. The van der Waals surface area contributed by atoms with Gasteiger partial charge in [0.1, 0.15) is 0 Å². The normalized spacial score (nSPS) is 11.0. The topological polar surface area (TPSA) is 55.7 Å². The molecule has 140 valence electrons. The molecule has 0 aliphatic heterocycles. The fraction of sp³-hybridized carbons (Fsp3) is 0.158. The maximum atomic E-state index is 6.26. The lowest BCUT2D eigenvalue weighted by molar-refractivity contribution is 0.311. The molecule has 0 spiro atoms. The third-order valence-corrected chi connectivity index (χ3v) is 4.84. The molecule has 5 nitrogen and oxygen atoms in total. The first-order valence-electron chi connectivity index (χ1n) is 8.11. The minimum atomic E-state index is 0.469. The van der Waals surface area contributed by atoms with Crippen LogP contribution < -0.4 is 14.9 Å². The first kappa shape index (κ1) is 19.5. The summed E-state index contributed by atoms with van der Waals surface area (Å²) in [5, 5.41) is 8.02. The predicted octanol–water partition coefficient (Wildman–Crippen LogP) is 5.97. The molecule has 3 aromatic rings. The smallest absolute Gasteiger partial charge is 0.203 e. The average molecular weight is 422 g/mol. The van der Waals surface area contributed by atoms with Crippen LogP contribution in [0, 0.1) is 0 Å². The van der Waals surface area contributed by atoms with Crippen LogP contribution in [-0.2, 0) is 0 Å². The molecule has 0 aliphatic carbocycles. The van der Waals surface area contributed by atoms with Gasteiger partial charge in [-0.25, -0.2) is 4.98 Å². The highest BCUT2D eigenvalue weighted by molar-refractivity contribution is 7.14. The summed E-state index contributed by atoms with van der Waals surface area (Å²) in [5.74, 6) is 1.09. The van der Waals surface area contributed by atoms with E-state index >= 15 is 0 Å². The second kappa shape index (κ2) is 9.08. The van der Waals surface area contributed by atoms with Gasteiger partial charge in [0.25, 0.3) is 0 Å². The lowest BCUT2D eigenvalue weighted by Crippen LogP contribution is -1.98. The number of hydrogen-bond acceptors (Lipinski definition) is 6. The van der Waals surface area contributed by atoms with E-state index < -0.39 is 0 Å². The number of methoxy groups -OCH3 is 1. The molecule has 27 heavy (non-hydrogen) atoms. The maximum absolute atomic E-state index is 6.26. The summed E-state index contributed by atoms with van der Waals surface area (Å²) in [6.45, 7) is 2.40. The van der Waals surface area contributed by atoms with Crippen LogP contribution in [0.25, 0.3) is 11.3 Å². The van der Waals surface area contributed by atoms with Gasteiger partial charge in [-0.2, -0.15) is 5.10 Å². The second-order valence-electron chi connectivity index (χ2n) is 5.38. The van der Waals surface area contributed by atoms with Gasteiger partial charge in [-0.1, -0.05) is 35.3 Å². The number of anilines is 1. The summed E-state index contributed by atoms with van der Waals surface area (Å²) in [5.41, 5.74) is 5.56. The number of hydrogen-bond donors (Lipinski definition) is 1. The highest BCUT2D eigenvalue weighted by atomic mass is 35.5. The number of nitrogens with zero attached hydrogens (tertiary/aromatic N) is 2. The van der Waals surface area contributed by atoms with Crippen LogP contribution in [0.3, 0.4) is 0 Å². The van der Waals surface area contributed by atoms with Gasteiger partial charge in [0, 0.05) is 16.0 Å². The zero-order valence-corrected chi connectivity index (χ0v) is 17.0. The minimum absolute atomic E-state index is 0.469. The van der Waals surface area contributed by atoms with Gasteiger partial charge in [0.05, 0.1) is 30.6 Å². The van der Waals surface area contributed by atoms with Gasteiger partial charge >= 0.3 is 0 Å². The van der Waals surface area contributed by atoms with Crippen LogP contribution in [0.5, 0.6) is 11.5 Å². The van der Waals surface area contributed by atoms with Crippen molar-refractivity contribution in [2.75, 3.05) is 19.1 Å². The van der Waals surface area contributed by atoms with Crippen molar-refractivity contribution in [1.82, 2.24) is 4.98 Å². The maximum Gasteiger partial charge on any atom is 0.203 e. The van der Waals surface area contributed by atoms with E-state index in [4.69, 9.17) is 32.7 Å². The Hall–Kier alpha value is -2.28. The highest BCUT2D eigenvalue weighted by Gasteiger charge is 2.11. The van der Waals surface area contributed by atoms with E-state index in [-0.39, 0.29) is 0 Å². The average Bonchev–Trinajstić information content (AvgIpc) is 3.13. The molecule has 2 aromatic carbocycles. The van der Waals surface area contributed by atoms with Crippen LogP contribution in [0.1, 0.15) is 12.5 Å². The lowest BCUT2D eigenvalue weighted by atomic mass is 10.2. The first-order chi connectivity index (χ1) is 13.1. The molecular formula is C19H17Cl2N3O2S. The van der Waals surface area contributed by atoms with E-state index in [0.29, 0.717) is 33.3 Å². The summed E-state index contributed by atoms with van der Waals surface area (Å²) < 4.78 is 10.8. The quantitative estimate of drug-likeness (QED) is 0.377. The van der Waals surface area contributed by atoms with Crippen molar-refractivity contribution in [2.45, 2.75) is 6.92 Å². The van der Waals surface area contributed by atoms with Crippen molar-refractivity contribution in [2.24, 2.45) is 5.10 Å². The van der Waals surface area contributed by atoms with Gasteiger partial charge in [-0.15, -0.1) is 11.3 Å². The molecule has 0 amide bonds. The van der Waals surface area contributed by atoms with Gasteiger partial charge in [-0.3, -0.25) is 5.43 Å². The summed E-state index contributed by atoms with van der Waals surface area (Å²) in [6, 6.07) is 11.1. The number of rotatable bonds is 7. The Morgan fingerprint density at radius 3 is 2.70 bits per heavy atom. The number of ether oxygens (including phenoxy) is 2. The summed E-state index contributed by atoms with van der Waals surface area (Å²) in [4.78, 5) is 4.51. The fourth-order valence-electron chi connectivity index (χ4n) is 2.34. The van der Waals surface area contributed by atoms with Crippen LogP contribution in [0.4, 0.5) is 5.13 Å². The molecule has 1 aromatic heterocycles. The van der Waals surface area contributed by atoms with E-state index in [0.717, 1.165) is 16.8 Å². The van der Waals surface area contributed by atoms with Crippen molar-refractivity contribution in [3.8, 4) is 22.8 Å². The van der Waals surface area contributed by atoms with Crippen LogP contribution >= 0.6 is 34.5 Å². The minimum Gasteiger partial charge on any atom is -0.493 e.